The molecule has 9 nitrogen and oxygen atoms in total. The molecule has 3 aromatic rings. The van der Waals surface area contributed by atoms with Crippen LogP contribution in [0.1, 0.15) is 11.4 Å². The van der Waals surface area contributed by atoms with Crippen LogP contribution in [0, 0.1) is 17.0 Å². The molecule has 0 spiro atoms. The summed E-state index contributed by atoms with van der Waals surface area (Å²) in [5.74, 6) is 0. The number of benzene rings is 1. The standard InChI is InChI=1S/C15H15N5O4S/c1-10-4-2-7-14-18-11(9-19(10)14)8-17-12-5-3-6-13(25(16,23)24)15(12)20(21)22/h2-7,9,17H,8H2,1H3,(H2,16,23,24). The fraction of sp³-hybridized carbons (Fsp3) is 0.133. The molecule has 0 fully saturated rings. The summed E-state index contributed by atoms with van der Waals surface area (Å²) in [5.41, 5.74) is 1.89. The molecule has 130 valence electrons. The van der Waals surface area contributed by atoms with Crippen LogP contribution in [0.15, 0.2) is 47.5 Å². The SMILES string of the molecule is Cc1cccc2nc(CNc3cccc(S(N)(=O)=O)c3[N+](=O)[O-])cn12. The van der Waals surface area contributed by atoms with Gasteiger partial charge in [0.2, 0.25) is 10.0 Å². The number of nitro benzene ring substituents is 1. The third kappa shape index (κ3) is 3.30. The van der Waals surface area contributed by atoms with Gasteiger partial charge in [0.1, 0.15) is 11.3 Å². The van der Waals surface area contributed by atoms with Gasteiger partial charge in [-0.2, -0.15) is 0 Å². The zero-order chi connectivity index (χ0) is 18.2. The van der Waals surface area contributed by atoms with Gasteiger partial charge in [0.05, 0.1) is 17.2 Å². The number of fused-ring (bicyclic) bond motifs is 1. The molecule has 0 saturated heterocycles. The van der Waals surface area contributed by atoms with E-state index in [1.54, 1.807) is 0 Å². The Morgan fingerprint density at radius 2 is 2.00 bits per heavy atom. The van der Waals surface area contributed by atoms with E-state index >= 15 is 0 Å². The van der Waals surface area contributed by atoms with Crippen molar-refractivity contribution >= 4 is 27.0 Å². The molecule has 10 heteroatoms. The third-order valence-electron chi connectivity index (χ3n) is 3.69. The number of anilines is 1. The molecule has 0 unspecified atom stereocenters. The molecule has 0 aliphatic carbocycles. The lowest BCUT2D eigenvalue weighted by molar-refractivity contribution is -0.386. The van der Waals surface area contributed by atoms with E-state index in [0.717, 1.165) is 17.4 Å². The Morgan fingerprint density at radius 3 is 2.64 bits per heavy atom. The highest BCUT2D eigenvalue weighted by molar-refractivity contribution is 7.89. The van der Waals surface area contributed by atoms with Gasteiger partial charge in [-0.05, 0) is 31.2 Å². The number of pyridine rings is 1. The van der Waals surface area contributed by atoms with E-state index in [1.165, 1.54) is 12.1 Å². The number of imidazole rings is 1. The van der Waals surface area contributed by atoms with Gasteiger partial charge >= 0.3 is 5.69 Å². The molecule has 0 aliphatic rings. The van der Waals surface area contributed by atoms with Gasteiger partial charge in [-0.1, -0.05) is 12.1 Å². The van der Waals surface area contributed by atoms with Crippen molar-refractivity contribution in [2.45, 2.75) is 18.4 Å². The fourth-order valence-corrected chi connectivity index (χ4v) is 3.27. The molecular formula is C15H15N5O4S. The number of nitrogens with two attached hydrogens (primary N) is 1. The number of nitrogens with zero attached hydrogens (tertiary/aromatic N) is 3. The molecular weight excluding hydrogens is 346 g/mol. The van der Waals surface area contributed by atoms with Crippen molar-refractivity contribution in [2.75, 3.05) is 5.32 Å². The fourth-order valence-electron chi connectivity index (χ4n) is 2.55. The lowest BCUT2D eigenvalue weighted by atomic mass is 10.2. The number of hydrogen-bond donors (Lipinski definition) is 2. The summed E-state index contributed by atoms with van der Waals surface area (Å²) in [5, 5.41) is 19.2. The van der Waals surface area contributed by atoms with Gasteiger partial charge in [-0.25, -0.2) is 18.5 Å². The Hall–Kier alpha value is -2.98. The second-order valence-corrected chi connectivity index (χ2v) is 6.97. The normalized spacial score (nSPS) is 11.6. The largest absolute Gasteiger partial charge is 0.374 e. The zero-order valence-electron chi connectivity index (χ0n) is 13.2. The molecule has 1 aromatic carbocycles. The van der Waals surface area contributed by atoms with Crippen LogP contribution < -0.4 is 10.5 Å². The minimum absolute atomic E-state index is 0.0605. The topological polar surface area (TPSA) is 133 Å². The maximum Gasteiger partial charge on any atom is 0.312 e. The summed E-state index contributed by atoms with van der Waals surface area (Å²) in [6.45, 7) is 2.13. The summed E-state index contributed by atoms with van der Waals surface area (Å²) < 4.78 is 25.0. The van der Waals surface area contributed by atoms with E-state index in [2.05, 4.69) is 10.3 Å². The van der Waals surface area contributed by atoms with Crippen LogP contribution in [0.3, 0.4) is 0 Å². The molecule has 3 N–H and O–H groups in total. The lowest BCUT2D eigenvalue weighted by Gasteiger charge is -2.08. The molecule has 0 atom stereocenters. The number of aromatic nitrogens is 2. The van der Waals surface area contributed by atoms with Gasteiger partial charge in [-0.15, -0.1) is 0 Å². The second-order valence-electron chi connectivity index (χ2n) is 5.44. The highest BCUT2D eigenvalue weighted by atomic mass is 32.2. The predicted molar refractivity (Wildman–Crippen MR) is 91.7 cm³/mol. The first-order valence-electron chi connectivity index (χ1n) is 7.25. The van der Waals surface area contributed by atoms with E-state index in [9.17, 15) is 18.5 Å². The van der Waals surface area contributed by atoms with Crippen molar-refractivity contribution < 1.29 is 13.3 Å². The number of primary sulfonamides is 1. The van der Waals surface area contributed by atoms with Crippen LogP contribution in [-0.2, 0) is 16.6 Å². The molecule has 0 saturated carbocycles. The second kappa shape index (κ2) is 6.15. The molecule has 0 aliphatic heterocycles. The van der Waals surface area contributed by atoms with Crippen molar-refractivity contribution in [2.24, 2.45) is 5.14 Å². The summed E-state index contributed by atoms with van der Waals surface area (Å²) in [6.07, 6.45) is 1.81. The van der Waals surface area contributed by atoms with Gasteiger partial charge < -0.3 is 9.72 Å². The number of nitro groups is 1. The van der Waals surface area contributed by atoms with Crippen LogP contribution in [0.5, 0.6) is 0 Å². The smallest absolute Gasteiger partial charge is 0.312 e. The van der Waals surface area contributed by atoms with Crippen molar-refractivity contribution in [3.63, 3.8) is 0 Å². The number of aryl methyl sites for hydroxylation is 1. The number of sulfonamides is 1. The van der Waals surface area contributed by atoms with Crippen LogP contribution >= 0.6 is 0 Å². The molecule has 3 rings (SSSR count). The van der Waals surface area contributed by atoms with E-state index in [4.69, 9.17) is 5.14 Å². The Kier molecular flexibility index (Phi) is 4.15. The summed E-state index contributed by atoms with van der Waals surface area (Å²) in [6, 6.07) is 9.59. The number of rotatable bonds is 5. The third-order valence-corrected chi connectivity index (χ3v) is 4.64. The molecule has 2 heterocycles. The lowest BCUT2D eigenvalue weighted by Crippen LogP contribution is -2.15. The first kappa shape index (κ1) is 16.9. The monoisotopic (exact) mass is 361 g/mol. The van der Waals surface area contributed by atoms with E-state index < -0.39 is 25.5 Å². The Bertz CT molecular complexity index is 1070. The Morgan fingerprint density at radius 1 is 1.28 bits per heavy atom. The molecule has 0 radical (unpaired) electrons. The van der Waals surface area contributed by atoms with Crippen molar-refractivity contribution in [3.8, 4) is 0 Å². The molecule has 0 amide bonds. The van der Waals surface area contributed by atoms with Crippen LogP contribution in [0.2, 0.25) is 0 Å². The minimum atomic E-state index is -4.21. The maximum atomic E-state index is 11.6. The Balaban J connectivity index is 1.95. The molecule has 25 heavy (non-hydrogen) atoms. The minimum Gasteiger partial charge on any atom is -0.374 e. The first-order valence-corrected chi connectivity index (χ1v) is 8.79. The molecule has 2 aromatic heterocycles. The highest BCUT2D eigenvalue weighted by Crippen LogP contribution is 2.31. The van der Waals surface area contributed by atoms with Crippen molar-refractivity contribution in [1.29, 1.82) is 0 Å². The van der Waals surface area contributed by atoms with Crippen LogP contribution in [0.25, 0.3) is 5.65 Å². The van der Waals surface area contributed by atoms with Crippen LogP contribution in [-0.4, -0.2) is 22.7 Å². The first-order chi connectivity index (χ1) is 11.8. The van der Waals surface area contributed by atoms with Gasteiger partial charge in [-0.3, -0.25) is 10.1 Å². The van der Waals surface area contributed by atoms with Crippen molar-refractivity contribution in [3.05, 3.63) is 64.1 Å². The zero-order valence-corrected chi connectivity index (χ0v) is 14.0. The van der Waals surface area contributed by atoms with Gasteiger partial charge in [0.25, 0.3) is 0 Å². The average molecular weight is 361 g/mol. The van der Waals surface area contributed by atoms with E-state index in [1.807, 2.05) is 35.7 Å². The van der Waals surface area contributed by atoms with Crippen LogP contribution in [0.4, 0.5) is 11.4 Å². The average Bonchev–Trinajstić information content (AvgIpc) is 2.96. The predicted octanol–water partition coefficient (Wildman–Crippen LogP) is 1.81. The van der Waals surface area contributed by atoms with E-state index in [-0.39, 0.29) is 12.2 Å². The van der Waals surface area contributed by atoms with Gasteiger partial charge in [0.15, 0.2) is 4.90 Å². The summed E-state index contributed by atoms with van der Waals surface area (Å²) in [4.78, 5) is 14.4. The van der Waals surface area contributed by atoms with E-state index in [0.29, 0.717) is 5.69 Å². The van der Waals surface area contributed by atoms with Crippen molar-refractivity contribution in [1.82, 2.24) is 9.38 Å². The maximum absolute atomic E-state index is 11.6. The molecule has 0 bridgehead atoms. The van der Waals surface area contributed by atoms with Gasteiger partial charge in [0, 0.05) is 11.9 Å². The summed E-state index contributed by atoms with van der Waals surface area (Å²) >= 11 is 0. The number of para-hydroxylation sites is 1. The summed E-state index contributed by atoms with van der Waals surface area (Å²) in [7, 11) is -4.21. The number of nitrogens with one attached hydrogen (secondary N) is 1. The number of hydrogen-bond acceptors (Lipinski definition) is 6. The highest BCUT2D eigenvalue weighted by Gasteiger charge is 2.26. The quantitative estimate of drug-likeness (QED) is 0.526. The Labute approximate surface area is 143 Å².